The van der Waals surface area contributed by atoms with E-state index in [2.05, 4.69) is 10.6 Å². The van der Waals surface area contributed by atoms with E-state index in [9.17, 15) is 19.2 Å². The van der Waals surface area contributed by atoms with Gasteiger partial charge in [-0.05, 0) is 61.0 Å². The summed E-state index contributed by atoms with van der Waals surface area (Å²) in [5.74, 6) is -0.826. The molecule has 0 saturated carbocycles. The third kappa shape index (κ3) is 8.05. The molecule has 2 aliphatic rings. The minimum absolute atomic E-state index is 0. The molecule has 2 N–H and O–H groups in total. The van der Waals surface area contributed by atoms with Crippen molar-refractivity contribution in [2.24, 2.45) is 0 Å². The fraction of sp³-hybridized carbons (Fsp3) is 0.368. The Morgan fingerprint density at radius 3 is 1.00 bits per heavy atom. The van der Waals surface area contributed by atoms with E-state index >= 15 is 0 Å². The van der Waals surface area contributed by atoms with E-state index < -0.39 is 0 Å². The van der Waals surface area contributed by atoms with Crippen LogP contribution in [-0.4, -0.2) is 72.7 Å². The van der Waals surface area contributed by atoms with Crippen molar-refractivity contribution in [2.75, 3.05) is 39.3 Å². The van der Waals surface area contributed by atoms with Crippen molar-refractivity contribution < 1.29 is 19.2 Å². The molecule has 254 valence electrons. The number of rotatable bonds is 17. The zero-order valence-electron chi connectivity index (χ0n) is 27.2. The Hall–Kier alpha value is -3.44. The summed E-state index contributed by atoms with van der Waals surface area (Å²) in [7, 11) is 0. The molecule has 0 radical (unpaired) electrons. The van der Waals surface area contributed by atoms with Crippen LogP contribution >= 0.6 is 34.0 Å². The topological polar surface area (TPSA) is 98.8 Å². The first-order valence-corrected chi connectivity index (χ1v) is 16.7. The first-order valence-electron chi connectivity index (χ1n) is 16.7. The fourth-order valence-electron chi connectivity index (χ4n) is 6.76. The van der Waals surface area contributed by atoms with Gasteiger partial charge in [-0.1, -0.05) is 87.1 Å². The molecule has 4 aromatic carbocycles. The average molecular weight is 781 g/mol. The molecule has 4 aromatic rings. The van der Waals surface area contributed by atoms with Gasteiger partial charge in [0, 0.05) is 59.2 Å². The number of nitrogens with zero attached hydrogens (tertiary/aromatic N) is 2. The van der Waals surface area contributed by atoms with Crippen molar-refractivity contribution in [3.63, 3.8) is 0 Å². The third-order valence-corrected chi connectivity index (χ3v) is 9.19. The molecule has 2 aliphatic heterocycles. The maximum absolute atomic E-state index is 13.0. The van der Waals surface area contributed by atoms with Crippen molar-refractivity contribution in [2.45, 2.75) is 51.4 Å². The van der Waals surface area contributed by atoms with Crippen molar-refractivity contribution in [3.05, 3.63) is 95.1 Å². The van der Waals surface area contributed by atoms with Gasteiger partial charge in [-0.15, -0.1) is 34.0 Å². The number of unbranched alkanes of at least 4 members (excludes halogenated alkanes) is 7. The molecule has 48 heavy (non-hydrogen) atoms. The molecule has 0 fully saturated rings. The Balaban J connectivity index is 0.00000260. The van der Waals surface area contributed by atoms with E-state index in [1.54, 1.807) is 0 Å². The Bertz CT molecular complexity index is 1550. The number of amides is 4. The summed E-state index contributed by atoms with van der Waals surface area (Å²) < 4.78 is 0. The zero-order valence-corrected chi connectivity index (χ0v) is 30.6. The lowest BCUT2D eigenvalue weighted by molar-refractivity contribution is 0.0596. The molecule has 0 bridgehead atoms. The van der Waals surface area contributed by atoms with Gasteiger partial charge in [0.25, 0.3) is 23.6 Å². The molecular formula is C38H44Br2N4O4. The number of halogens is 2. The average Bonchev–Trinajstić information content (AvgIpc) is 3.08. The van der Waals surface area contributed by atoms with E-state index in [1.807, 2.05) is 72.8 Å². The van der Waals surface area contributed by atoms with Crippen LogP contribution in [0.4, 0.5) is 0 Å². The normalized spacial score (nSPS) is 13.7. The van der Waals surface area contributed by atoms with E-state index in [-0.39, 0.29) is 57.6 Å². The quantitative estimate of drug-likeness (QED) is 0.0861. The zero-order chi connectivity index (χ0) is 31.9. The first-order chi connectivity index (χ1) is 22.6. The van der Waals surface area contributed by atoms with E-state index in [4.69, 9.17) is 0 Å². The Labute approximate surface area is 303 Å². The number of hydrogen-bond acceptors (Lipinski definition) is 6. The predicted molar refractivity (Wildman–Crippen MR) is 202 cm³/mol. The van der Waals surface area contributed by atoms with Gasteiger partial charge in [0.05, 0.1) is 0 Å². The van der Waals surface area contributed by atoms with Gasteiger partial charge in [-0.25, -0.2) is 0 Å². The van der Waals surface area contributed by atoms with Crippen molar-refractivity contribution in [1.29, 1.82) is 0 Å². The monoisotopic (exact) mass is 778 g/mol. The van der Waals surface area contributed by atoms with Crippen molar-refractivity contribution in [3.8, 4) is 0 Å². The van der Waals surface area contributed by atoms with Crippen LogP contribution in [0.15, 0.2) is 72.8 Å². The van der Waals surface area contributed by atoms with Crippen LogP contribution in [0.5, 0.6) is 0 Å². The van der Waals surface area contributed by atoms with Gasteiger partial charge in [0.2, 0.25) is 0 Å². The summed E-state index contributed by atoms with van der Waals surface area (Å²) in [5.41, 5.74) is 2.43. The van der Waals surface area contributed by atoms with Gasteiger partial charge in [-0.3, -0.25) is 29.0 Å². The maximum atomic E-state index is 13.0. The number of imide groups is 2. The van der Waals surface area contributed by atoms with E-state index in [0.29, 0.717) is 48.4 Å². The maximum Gasteiger partial charge on any atom is 0.261 e. The van der Waals surface area contributed by atoms with Crippen molar-refractivity contribution >= 4 is 79.1 Å². The summed E-state index contributed by atoms with van der Waals surface area (Å²) in [5, 5.41) is 10.2. The molecule has 2 heterocycles. The summed E-state index contributed by atoms with van der Waals surface area (Å²) in [6, 6.07) is 22.5. The highest BCUT2D eigenvalue weighted by atomic mass is 79.9. The van der Waals surface area contributed by atoms with Gasteiger partial charge in [0.1, 0.15) is 0 Å². The SMILES string of the molecule is Br.Br.O=C1c2cccc3cccc(c23)C(=O)N1CCNCCCCCCCCCCNCCN1C(=O)c2cccc3cccc(c23)C1=O. The second kappa shape index (κ2) is 17.8. The van der Waals surface area contributed by atoms with Crippen LogP contribution < -0.4 is 10.6 Å². The largest absolute Gasteiger partial charge is 0.315 e. The number of hydrogen-bond donors (Lipinski definition) is 2. The van der Waals surface area contributed by atoms with Gasteiger partial charge >= 0.3 is 0 Å². The number of carbonyl (C=O) groups excluding carboxylic acids is 4. The van der Waals surface area contributed by atoms with Gasteiger partial charge in [0.15, 0.2) is 0 Å². The lowest BCUT2D eigenvalue weighted by Gasteiger charge is -2.27. The van der Waals surface area contributed by atoms with E-state index in [0.717, 1.165) is 47.5 Å². The highest BCUT2D eigenvalue weighted by molar-refractivity contribution is 8.93. The Morgan fingerprint density at radius 1 is 0.396 bits per heavy atom. The lowest BCUT2D eigenvalue weighted by Crippen LogP contribution is -2.43. The molecule has 0 atom stereocenters. The number of nitrogens with one attached hydrogen (secondary N) is 2. The summed E-state index contributed by atoms with van der Waals surface area (Å²) in [6.45, 7) is 3.70. The van der Waals surface area contributed by atoms with Crippen LogP contribution in [0.1, 0.15) is 92.8 Å². The number of benzene rings is 4. The summed E-state index contributed by atoms with van der Waals surface area (Å²) >= 11 is 0. The minimum atomic E-state index is -0.206. The standard InChI is InChI=1S/C38H42N4O4.2BrH/c43-35-29-17-9-13-27-14-10-18-30(33(27)29)36(44)41(35)25-23-39-21-7-5-3-1-2-4-6-8-22-40-24-26-42-37(45)31-19-11-15-28-16-12-20-32(34(28)31)38(42)46;;/h9-20,39-40H,1-8,21-26H2;2*1H. The highest BCUT2D eigenvalue weighted by Crippen LogP contribution is 2.31. The summed E-state index contributed by atoms with van der Waals surface area (Å²) in [6.07, 6.45) is 9.35. The van der Waals surface area contributed by atoms with Crippen LogP contribution in [0.3, 0.4) is 0 Å². The molecule has 10 heteroatoms. The van der Waals surface area contributed by atoms with Gasteiger partial charge < -0.3 is 10.6 Å². The second-order valence-corrected chi connectivity index (χ2v) is 12.3. The Kier molecular flexibility index (Phi) is 13.9. The molecule has 8 nitrogen and oxygen atoms in total. The molecule has 0 unspecified atom stereocenters. The van der Waals surface area contributed by atoms with Crippen LogP contribution in [0.2, 0.25) is 0 Å². The summed E-state index contributed by atoms with van der Waals surface area (Å²) in [4.78, 5) is 54.7. The smallest absolute Gasteiger partial charge is 0.261 e. The molecule has 6 rings (SSSR count). The highest BCUT2D eigenvalue weighted by Gasteiger charge is 2.33. The van der Waals surface area contributed by atoms with Gasteiger partial charge in [-0.2, -0.15) is 0 Å². The molecule has 0 aromatic heterocycles. The van der Waals surface area contributed by atoms with Crippen LogP contribution in [-0.2, 0) is 0 Å². The molecule has 4 amide bonds. The lowest BCUT2D eigenvalue weighted by atomic mass is 9.94. The molecule has 0 saturated heterocycles. The molecule has 0 aliphatic carbocycles. The minimum Gasteiger partial charge on any atom is -0.315 e. The fourth-order valence-corrected chi connectivity index (χ4v) is 6.76. The predicted octanol–water partition coefficient (Wildman–Crippen LogP) is 7.34. The van der Waals surface area contributed by atoms with Crippen LogP contribution in [0.25, 0.3) is 21.5 Å². The third-order valence-electron chi connectivity index (χ3n) is 9.19. The van der Waals surface area contributed by atoms with Crippen molar-refractivity contribution in [1.82, 2.24) is 20.4 Å². The molecule has 0 spiro atoms. The second-order valence-electron chi connectivity index (χ2n) is 12.3. The van der Waals surface area contributed by atoms with Crippen LogP contribution in [0, 0.1) is 0 Å². The van der Waals surface area contributed by atoms with E-state index in [1.165, 1.54) is 48.3 Å². The first kappa shape index (κ1) is 37.4. The Morgan fingerprint density at radius 2 is 0.688 bits per heavy atom. The molecular weight excluding hydrogens is 736 g/mol. The number of carbonyl (C=O) groups is 4.